The number of rotatable bonds is 6. The largest absolute Gasteiger partial charge is 0.469 e. The van der Waals surface area contributed by atoms with Gasteiger partial charge in [-0.2, -0.15) is 0 Å². The monoisotopic (exact) mass is 312 g/mol. The molecule has 0 aliphatic heterocycles. The molecule has 0 fully saturated rings. The maximum absolute atomic E-state index is 12.1. The van der Waals surface area contributed by atoms with E-state index in [1.54, 1.807) is 31.2 Å². The Labute approximate surface area is 136 Å². The van der Waals surface area contributed by atoms with E-state index < -0.39 is 18.0 Å². The quantitative estimate of drug-likeness (QED) is 0.765. The highest BCUT2D eigenvalue weighted by Gasteiger charge is 2.25. The van der Waals surface area contributed by atoms with E-state index in [2.05, 4.69) is 0 Å². The Morgan fingerprint density at radius 1 is 0.957 bits per heavy atom. The van der Waals surface area contributed by atoms with Gasteiger partial charge >= 0.3 is 11.9 Å². The van der Waals surface area contributed by atoms with Crippen LogP contribution < -0.4 is 0 Å². The zero-order valence-electron chi connectivity index (χ0n) is 13.3. The summed E-state index contributed by atoms with van der Waals surface area (Å²) in [6.07, 6.45) is -0.0399. The van der Waals surface area contributed by atoms with Crippen LogP contribution in [0.5, 0.6) is 0 Å². The number of ether oxygens (including phenoxy) is 2. The molecule has 0 aromatic heterocycles. The lowest BCUT2D eigenvalue weighted by atomic mass is 9.93. The molecular weight excluding hydrogens is 292 g/mol. The topological polar surface area (TPSA) is 52.6 Å². The van der Waals surface area contributed by atoms with Gasteiger partial charge in [0.25, 0.3) is 0 Å². The normalized spacial score (nSPS) is 13.0. The molecule has 23 heavy (non-hydrogen) atoms. The van der Waals surface area contributed by atoms with Crippen LogP contribution in [0.15, 0.2) is 60.7 Å². The summed E-state index contributed by atoms with van der Waals surface area (Å²) >= 11 is 0. The van der Waals surface area contributed by atoms with Crippen LogP contribution in [0.1, 0.15) is 35.2 Å². The van der Waals surface area contributed by atoms with Gasteiger partial charge in [-0.3, -0.25) is 4.79 Å². The van der Waals surface area contributed by atoms with Gasteiger partial charge < -0.3 is 9.47 Å². The summed E-state index contributed by atoms with van der Waals surface area (Å²) in [7, 11) is 1.36. The van der Waals surface area contributed by atoms with Gasteiger partial charge in [0.15, 0.2) is 0 Å². The summed E-state index contributed by atoms with van der Waals surface area (Å²) in [5, 5.41) is 0. The standard InChI is InChI=1S/C19H20O4/c1-14(23-18(20)16-11-7-4-8-12-16)13-17(19(21)22-2)15-9-5-3-6-10-15/h3-12,14,17H,13H2,1-2H3. The maximum Gasteiger partial charge on any atom is 0.338 e. The van der Waals surface area contributed by atoms with E-state index in [1.165, 1.54) is 7.11 Å². The lowest BCUT2D eigenvalue weighted by Crippen LogP contribution is -2.23. The van der Waals surface area contributed by atoms with Crippen molar-refractivity contribution < 1.29 is 19.1 Å². The maximum atomic E-state index is 12.1. The summed E-state index contributed by atoms with van der Waals surface area (Å²) in [5.74, 6) is -1.19. The van der Waals surface area contributed by atoms with Crippen molar-refractivity contribution in [3.8, 4) is 0 Å². The van der Waals surface area contributed by atoms with Crippen molar-refractivity contribution in [3.05, 3.63) is 71.8 Å². The van der Waals surface area contributed by atoms with Crippen molar-refractivity contribution >= 4 is 11.9 Å². The van der Waals surface area contributed by atoms with Gasteiger partial charge in [0.05, 0.1) is 18.6 Å². The fourth-order valence-electron chi connectivity index (χ4n) is 2.40. The molecule has 0 bridgehead atoms. The molecule has 4 heteroatoms. The fourth-order valence-corrected chi connectivity index (χ4v) is 2.40. The summed E-state index contributed by atoms with van der Waals surface area (Å²) in [4.78, 5) is 24.1. The number of benzene rings is 2. The molecule has 0 N–H and O–H groups in total. The highest BCUT2D eigenvalue weighted by Crippen LogP contribution is 2.24. The van der Waals surface area contributed by atoms with Gasteiger partial charge in [-0.1, -0.05) is 48.5 Å². The van der Waals surface area contributed by atoms with Crippen LogP contribution in [-0.4, -0.2) is 25.2 Å². The number of hydrogen-bond acceptors (Lipinski definition) is 4. The summed E-state index contributed by atoms with van der Waals surface area (Å²) in [6.45, 7) is 1.78. The molecule has 0 aliphatic rings. The molecule has 4 nitrogen and oxygen atoms in total. The Kier molecular flexibility index (Phi) is 5.92. The first-order valence-corrected chi connectivity index (χ1v) is 7.50. The number of methoxy groups -OCH3 is 1. The summed E-state index contributed by atoms with van der Waals surface area (Å²) in [6, 6.07) is 18.1. The minimum atomic E-state index is -0.459. The smallest absolute Gasteiger partial charge is 0.338 e. The highest BCUT2D eigenvalue weighted by molar-refractivity contribution is 5.89. The fraction of sp³-hybridized carbons (Fsp3) is 0.263. The highest BCUT2D eigenvalue weighted by atomic mass is 16.5. The minimum absolute atomic E-state index is 0.334. The van der Waals surface area contributed by atoms with Crippen LogP contribution in [-0.2, 0) is 14.3 Å². The molecule has 120 valence electrons. The molecule has 2 rings (SSSR count). The van der Waals surface area contributed by atoms with Crippen molar-refractivity contribution in [2.75, 3.05) is 7.11 Å². The van der Waals surface area contributed by atoms with Crippen molar-refractivity contribution in [2.45, 2.75) is 25.4 Å². The Balaban J connectivity index is 2.05. The third-order valence-corrected chi connectivity index (χ3v) is 3.57. The van der Waals surface area contributed by atoms with Crippen LogP contribution in [0.4, 0.5) is 0 Å². The molecule has 0 amide bonds. The predicted octanol–water partition coefficient (Wildman–Crippen LogP) is 3.58. The molecule has 0 radical (unpaired) electrons. The molecule has 2 atom stereocenters. The Bertz CT molecular complexity index is 637. The predicted molar refractivity (Wildman–Crippen MR) is 87.1 cm³/mol. The Morgan fingerprint density at radius 2 is 1.52 bits per heavy atom. The summed E-state index contributed by atoms with van der Waals surface area (Å²) in [5.41, 5.74) is 1.34. The van der Waals surface area contributed by atoms with E-state index in [1.807, 2.05) is 36.4 Å². The number of esters is 2. The zero-order chi connectivity index (χ0) is 16.7. The number of carbonyl (C=O) groups excluding carboxylic acids is 2. The number of hydrogen-bond donors (Lipinski definition) is 0. The van der Waals surface area contributed by atoms with Gasteiger partial charge in [0.2, 0.25) is 0 Å². The SMILES string of the molecule is COC(=O)C(CC(C)OC(=O)c1ccccc1)c1ccccc1. The second-order valence-corrected chi connectivity index (χ2v) is 5.30. The second kappa shape index (κ2) is 8.13. The van der Waals surface area contributed by atoms with Crippen LogP contribution in [0.25, 0.3) is 0 Å². The first-order chi connectivity index (χ1) is 11.1. The molecule has 0 saturated carbocycles. The Morgan fingerprint density at radius 3 is 2.09 bits per heavy atom. The second-order valence-electron chi connectivity index (χ2n) is 5.30. The average Bonchev–Trinajstić information content (AvgIpc) is 2.60. The van der Waals surface area contributed by atoms with Crippen molar-refractivity contribution in [1.82, 2.24) is 0 Å². The third-order valence-electron chi connectivity index (χ3n) is 3.57. The van der Waals surface area contributed by atoms with Crippen molar-refractivity contribution in [2.24, 2.45) is 0 Å². The molecule has 2 unspecified atom stereocenters. The third kappa shape index (κ3) is 4.68. The molecule has 0 aliphatic carbocycles. The van der Waals surface area contributed by atoms with Gasteiger partial charge in [-0.25, -0.2) is 4.79 Å². The van der Waals surface area contributed by atoms with E-state index in [9.17, 15) is 9.59 Å². The van der Waals surface area contributed by atoms with Crippen LogP contribution in [0.2, 0.25) is 0 Å². The van der Waals surface area contributed by atoms with E-state index in [4.69, 9.17) is 9.47 Å². The van der Waals surface area contributed by atoms with Crippen LogP contribution >= 0.6 is 0 Å². The van der Waals surface area contributed by atoms with E-state index in [-0.39, 0.29) is 5.97 Å². The van der Waals surface area contributed by atoms with Crippen molar-refractivity contribution in [1.29, 1.82) is 0 Å². The molecule has 2 aromatic carbocycles. The lowest BCUT2D eigenvalue weighted by molar-refractivity contribution is -0.143. The minimum Gasteiger partial charge on any atom is -0.469 e. The molecule has 0 saturated heterocycles. The Hall–Kier alpha value is -2.62. The van der Waals surface area contributed by atoms with Gasteiger partial charge in [-0.05, 0) is 24.6 Å². The van der Waals surface area contributed by atoms with E-state index in [0.29, 0.717) is 12.0 Å². The first kappa shape index (κ1) is 16.7. The van der Waals surface area contributed by atoms with E-state index in [0.717, 1.165) is 5.56 Å². The summed E-state index contributed by atoms with van der Waals surface area (Å²) < 4.78 is 10.3. The zero-order valence-corrected chi connectivity index (χ0v) is 13.3. The van der Waals surface area contributed by atoms with Crippen LogP contribution in [0.3, 0.4) is 0 Å². The van der Waals surface area contributed by atoms with Gasteiger partial charge in [0.1, 0.15) is 6.10 Å². The van der Waals surface area contributed by atoms with Gasteiger partial charge in [0, 0.05) is 6.42 Å². The van der Waals surface area contributed by atoms with Crippen molar-refractivity contribution in [3.63, 3.8) is 0 Å². The number of carbonyl (C=O) groups is 2. The average molecular weight is 312 g/mol. The lowest BCUT2D eigenvalue weighted by Gasteiger charge is -2.20. The van der Waals surface area contributed by atoms with E-state index >= 15 is 0 Å². The molecule has 2 aromatic rings. The first-order valence-electron chi connectivity index (χ1n) is 7.50. The van der Waals surface area contributed by atoms with Gasteiger partial charge in [-0.15, -0.1) is 0 Å². The van der Waals surface area contributed by atoms with Crippen LogP contribution in [0, 0.1) is 0 Å². The molecule has 0 spiro atoms. The molecular formula is C19H20O4. The molecule has 0 heterocycles.